The summed E-state index contributed by atoms with van der Waals surface area (Å²) in [5, 5.41) is 2.85. The minimum absolute atomic E-state index is 0.120. The van der Waals surface area contributed by atoms with Crippen LogP contribution in [0, 0.1) is 0 Å². The lowest BCUT2D eigenvalue weighted by atomic mass is 10.3. The molecular formula is C14H12ClNO3S. The first-order valence-electron chi connectivity index (χ1n) is 5.81. The summed E-state index contributed by atoms with van der Waals surface area (Å²) in [6.07, 6.45) is 0. The van der Waals surface area contributed by atoms with Crippen LogP contribution in [0.25, 0.3) is 0 Å². The Bertz CT molecular complexity index is 714. The zero-order valence-electron chi connectivity index (χ0n) is 10.4. The summed E-state index contributed by atoms with van der Waals surface area (Å²) in [7, 11) is -3.65. The van der Waals surface area contributed by atoms with E-state index in [2.05, 4.69) is 5.32 Å². The van der Waals surface area contributed by atoms with Crippen LogP contribution in [0.3, 0.4) is 0 Å². The second-order valence-corrected chi connectivity index (χ2v) is 6.50. The molecule has 0 unspecified atom stereocenters. The predicted molar refractivity (Wildman–Crippen MR) is 78.6 cm³/mol. The molecule has 0 heterocycles. The predicted octanol–water partition coefficient (Wildman–Crippen LogP) is 2.75. The van der Waals surface area contributed by atoms with Crippen molar-refractivity contribution in [3.05, 3.63) is 59.6 Å². The highest BCUT2D eigenvalue weighted by molar-refractivity contribution is 7.92. The Morgan fingerprint density at radius 3 is 2.25 bits per heavy atom. The van der Waals surface area contributed by atoms with Gasteiger partial charge in [-0.25, -0.2) is 8.42 Å². The monoisotopic (exact) mass is 309 g/mol. The maximum Gasteiger partial charge on any atom is 0.240 e. The van der Waals surface area contributed by atoms with Crippen molar-refractivity contribution in [2.75, 3.05) is 11.1 Å². The van der Waals surface area contributed by atoms with Gasteiger partial charge in [-0.15, -0.1) is 0 Å². The van der Waals surface area contributed by atoms with Crippen molar-refractivity contribution in [3.63, 3.8) is 0 Å². The highest BCUT2D eigenvalue weighted by Gasteiger charge is 2.19. The summed E-state index contributed by atoms with van der Waals surface area (Å²) < 4.78 is 24.0. The molecule has 0 aliphatic carbocycles. The minimum Gasteiger partial charge on any atom is -0.324 e. The van der Waals surface area contributed by atoms with Crippen LogP contribution in [0.1, 0.15) is 0 Å². The number of hydrogen-bond acceptors (Lipinski definition) is 3. The van der Waals surface area contributed by atoms with Crippen LogP contribution in [-0.2, 0) is 14.6 Å². The van der Waals surface area contributed by atoms with Crippen molar-refractivity contribution in [2.45, 2.75) is 4.90 Å². The van der Waals surface area contributed by atoms with Gasteiger partial charge in [0, 0.05) is 0 Å². The van der Waals surface area contributed by atoms with E-state index in [1.807, 2.05) is 0 Å². The molecule has 0 radical (unpaired) electrons. The highest BCUT2D eigenvalue weighted by Crippen LogP contribution is 2.20. The van der Waals surface area contributed by atoms with Crippen molar-refractivity contribution in [2.24, 2.45) is 0 Å². The molecule has 1 amide bonds. The van der Waals surface area contributed by atoms with E-state index in [-0.39, 0.29) is 4.90 Å². The van der Waals surface area contributed by atoms with Gasteiger partial charge in [0.25, 0.3) is 0 Å². The highest BCUT2D eigenvalue weighted by atomic mass is 35.5. The third kappa shape index (κ3) is 3.59. The van der Waals surface area contributed by atoms with Crippen LogP contribution in [-0.4, -0.2) is 20.1 Å². The topological polar surface area (TPSA) is 63.2 Å². The van der Waals surface area contributed by atoms with Crippen molar-refractivity contribution < 1.29 is 13.2 Å². The maximum absolute atomic E-state index is 12.0. The van der Waals surface area contributed by atoms with Gasteiger partial charge in [-0.1, -0.05) is 41.9 Å². The second-order valence-electron chi connectivity index (χ2n) is 4.10. The average molecular weight is 310 g/mol. The number of benzene rings is 2. The van der Waals surface area contributed by atoms with Crippen LogP contribution in [0.15, 0.2) is 59.5 Å². The van der Waals surface area contributed by atoms with Gasteiger partial charge in [0.15, 0.2) is 9.84 Å². The smallest absolute Gasteiger partial charge is 0.240 e. The summed E-state index contributed by atoms with van der Waals surface area (Å²) >= 11 is 5.89. The Morgan fingerprint density at radius 1 is 1.00 bits per heavy atom. The van der Waals surface area contributed by atoms with Gasteiger partial charge in [-0.2, -0.15) is 0 Å². The van der Waals surface area contributed by atoms with Crippen molar-refractivity contribution in [1.82, 2.24) is 0 Å². The van der Waals surface area contributed by atoms with E-state index < -0.39 is 21.5 Å². The molecule has 0 saturated heterocycles. The Morgan fingerprint density at radius 2 is 1.60 bits per heavy atom. The molecular weight excluding hydrogens is 298 g/mol. The number of sulfone groups is 1. The fraction of sp³-hybridized carbons (Fsp3) is 0.0714. The number of nitrogens with one attached hydrogen (secondary N) is 1. The zero-order chi connectivity index (χ0) is 14.6. The Kier molecular flexibility index (Phi) is 4.42. The van der Waals surface area contributed by atoms with Crippen molar-refractivity contribution in [1.29, 1.82) is 0 Å². The molecule has 0 spiro atoms. The molecule has 0 atom stereocenters. The van der Waals surface area contributed by atoms with E-state index in [0.29, 0.717) is 10.7 Å². The molecule has 6 heteroatoms. The van der Waals surface area contributed by atoms with Gasteiger partial charge in [0.05, 0.1) is 15.6 Å². The fourth-order valence-electron chi connectivity index (χ4n) is 1.63. The maximum atomic E-state index is 12.0. The quantitative estimate of drug-likeness (QED) is 0.944. The number of rotatable bonds is 4. The van der Waals surface area contributed by atoms with Crippen LogP contribution in [0.5, 0.6) is 0 Å². The summed E-state index contributed by atoms with van der Waals surface area (Å²) in [5.41, 5.74) is 0.391. The molecule has 0 aromatic heterocycles. The molecule has 2 rings (SSSR count). The standard InChI is InChI=1S/C14H12ClNO3S/c15-12-8-4-5-9-13(12)16-14(17)10-20(18,19)11-6-2-1-3-7-11/h1-9H,10H2,(H,16,17). The van der Waals surface area contributed by atoms with E-state index in [1.165, 1.54) is 12.1 Å². The molecule has 0 bridgehead atoms. The molecule has 2 aromatic rings. The number of carbonyl (C=O) groups excluding carboxylic acids is 1. The van der Waals surface area contributed by atoms with Crippen LogP contribution >= 0.6 is 11.6 Å². The number of para-hydroxylation sites is 1. The first-order chi connectivity index (χ1) is 9.49. The molecule has 1 N–H and O–H groups in total. The number of carbonyl (C=O) groups is 1. The minimum atomic E-state index is -3.65. The molecule has 4 nitrogen and oxygen atoms in total. The lowest BCUT2D eigenvalue weighted by Gasteiger charge is -2.07. The number of anilines is 1. The molecule has 0 fully saturated rings. The normalized spacial score (nSPS) is 11.1. The molecule has 0 aliphatic heterocycles. The summed E-state index contributed by atoms with van der Waals surface area (Å²) in [6.45, 7) is 0. The zero-order valence-corrected chi connectivity index (χ0v) is 12.0. The number of halogens is 1. The van der Waals surface area contributed by atoms with Gasteiger partial charge >= 0.3 is 0 Å². The molecule has 0 saturated carbocycles. The van der Waals surface area contributed by atoms with E-state index in [4.69, 9.17) is 11.6 Å². The lowest BCUT2D eigenvalue weighted by molar-refractivity contribution is -0.113. The van der Waals surface area contributed by atoms with Gasteiger partial charge in [-0.3, -0.25) is 4.79 Å². The molecule has 0 aliphatic rings. The third-order valence-electron chi connectivity index (χ3n) is 2.57. The van der Waals surface area contributed by atoms with Gasteiger partial charge in [-0.05, 0) is 24.3 Å². The largest absolute Gasteiger partial charge is 0.324 e. The number of amides is 1. The van der Waals surface area contributed by atoms with Crippen LogP contribution in [0.2, 0.25) is 5.02 Å². The second kappa shape index (κ2) is 6.07. The van der Waals surface area contributed by atoms with E-state index in [0.717, 1.165) is 0 Å². The molecule has 104 valence electrons. The summed E-state index contributed by atoms with van der Waals surface area (Å²) in [6, 6.07) is 14.5. The Balaban J connectivity index is 2.11. The van der Waals surface area contributed by atoms with E-state index >= 15 is 0 Å². The van der Waals surface area contributed by atoms with Crippen molar-refractivity contribution in [3.8, 4) is 0 Å². The first kappa shape index (κ1) is 14.6. The first-order valence-corrected chi connectivity index (χ1v) is 7.84. The summed E-state index contributed by atoms with van der Waals surface area (Å²) in [5.74, 6) is -1.25. The average Bonchev–Trinajstić information content (AvgIpc) is 2.42. The SMILES string of the molecule is O=C(CS(=O)(=O)c1ccccc1)Nc1ccccc1Cl. The van der Waals surface area contributed by atoms with Gasteiger partial charge < -0.3 is 5.32 Å². The van der Waals surface area contributed by atoms with Crippen LogP contribution < -0.4 is 5.32 Å². The van der Waals surface area contributed by atoms with Crippen molar-refractivity contribution >= 4 is 33.0 Å². The Hall–Kier alpha value is -1.85. The third-order valence-corrected chi connectivity index (χ3v) is 4.53. The lowest BCUT2D eigenvalue weighted by Crippen LogP contribution is -2.23. The molecule has 2 aromatic carbocycles. The van der Waals surface area contributed by atoms with E-state index in [1.54, 1.807) is 42.5 Å². The summed E-state index contributed by atoms with van der Waals surface area (Å²) in [4.78, 5) is 11.9. The van der Waals surface area contributed by atoms with Gasteiger partial charge in [0.2, 0.25) is 5.91 Å². The molecule has 20 heavy (non-hydrogen) atoms. The van der Waals surface area contributed by atoms with E-state index in [9.17, 15) is 13.2 Å². The van der Waals surface area contributed by atoms with Crippen LogP contribution in [0.4, 0.5) is 5.69 Å². The fourth-order valence-corrected chi connectivity index (χ4v) is 2.97. The number of hydrogen-bond donors (Lipinski definition) is 1. The Labute approximate surface area is 122 Å². The van der Waals surface area contributed by atoms with Gasteiger partial charge in [0.1, 0.15) is 5.75 Å².